The molecular formula is C14H16N4O6. The minimum absolute atomic E-state index is 0.0341. The number of carbonyl (C=O) groups excluding carboxylic acids is 1. The molecule has 2 heterocycles. The summed E-state index contributed by atoms with van der Waals surface area (Å²) >= 11 is 0. The van der Waals surface area contributed by atoms with Gasteiger partial charge in [0.2, 0.25) is 5.91 Å². The first-order valence-electron chi connectivity index (χ1n) is 7.43. The van der Waals surface area contributed by atoms with Crippen LogP contribution in [0.15, 0.2) is 12.1 Å². The van der Waals surface area contributed by atoms with Gasteiger partial charge in [-0.1, -0.05) is 0 Å². The molecule has 0 atom stereocenters. The summed E-state index contributed by atoms with van der Waals surface area (Å²) in [5.41, 5.74) is -1.56. The molecule has 128 valence electrons. The number of nitrogens with zero attached hydrogens (tertiary/aromatic N) is 4. The molecule has 10 nitrogen and oxygen atoms in total. The molecule has 10 heteroatoms. The van der Waals surface area contributed by atoms with Gasteiger partial charge in [-0.3, -0.25) is 35.0 Å². The lowest BCUT2D eigenvalue weighted by molar-refractivity contribution is -0.394. The summed E-state index contributed by atoms with van der Waals surface area (Å²) in [5, 5.41) is 25.5. The lowest BCUT2D eigenvalue weighted by Gasteiger charge is -2.43. The molecule has 3 rings (SSSR count). The third-order valence-electron chi connectivity index (χ3n) is 3.96. The maximum atomic E-state index is 12.1. The van der Waals surface area contributed by atoms with E-state index in [0.29, 0.717) is 19.4 Å². The average Bonchev–Trinajstić information content (AvgIpc) is 2.89. The molecule has 0 saturated carbocycles. The molecule has 1 saturated heterocycles. The van der Waals surface area contributed by atoms with Crippen molar-refractivity contribution in [3.05, 3.63) is 32.4 Å². The van der Waals surface area contributed by atoms with Crippen LogP contribution in [0.1, 0.15) is 26.7 Å². The van der Waals surface area contributed by atoms with Crippen LogP contribution in [0.25, 0.3) is 0 Å². The van der Waals surface area contributed by atoms with Crippen LogP contribution in [0.5, 0.6) is 5.75 Å². The molecule has 0 spiro atoms. The Hall–Kier alpha value is -2.91. The smallest absolute Gasteiger partial charge is 0.305 e. The number of hydrazine groups is 1. The Morgan fingerprint density at radius 3 is 2.42 bits per heavy atom. The average molecular weight is 336 g/mol. The second kappa shape index (κ2) is 5.32. The number of anilines is 1. The largest absolute Gasteiger partial charge is 0.483 e. The van der Waals surface area contributed by atoms with Gasteiger partial charge in [0.1, 0.15) is 5.60 Å². The Labute approximate surface area is 136 Å². The fourth-order valence-electron chi connectivity index (χ4n) is 3.03. The molecule has 2 aliphatic rings. The minimum atomic E-state index is -0.765. The highest BCUT2D eigenvalue weighted by atomic mass is 16.6. The van der Waals surface area contributed by atoms with E-state index < -0.39 is 26.8 Å². The quantitative estimate of drug-likeness (QED) is 0.611. The molecule has 24 heavy (non-hydrogen) atoms. The number of carbonyl (C=O) groups is 1. The fraction of sp³-hybridized carbons (Fsp3) is 0.500. The highest BCUT2D eigenvalue weighted by molar-refractivity contribution is 5.83. The Balaban J connectivity index is 2.21. The van der Waals surface area contributed by atoms with Crippen molar-refractivity contribution in [2.75, 3.05) is 18.1 Å². The number of nitro benzene ring substituents is 2. The lowest BCUT2D eigenvalue weighted by Crippen LogP contribution is -2.55. The number of benzene rings is 1. The first-order chi connectivity index (χ1) is 11.2. The van der Waals surface area contributed by atoms with Crippen molar-refractivity contribution in [1.29, 1.82) is 0 Å². The Morgan fingerprint density at radius 2 is 1.88 bits per heavy atom. The van der Waals surface area contributed by atoms with Gasteiger partial charge in [0, 0.05) is 13.0 Å². The topological polar surface area (TPSA) is 119 Å². The van der Waals surface area contributed by atoms with Gasteiger partial charge in [-0.25, -0.2) is 0 Å². The zero-order valence-electron chi connectivity index (χ0n) is 13.2. The predicted octanol–water partition coefficient (Wildman–Crippen LogP) is 2.02. The van der Waals surface area contributed by atoms with Crippen LogP contribution in [0.3, 0.4) is 0 Å². The number of rotatable bonds is 3. The van der Waals surface area contributed by atoms with Crippen LogP contribution in [-0.2, 0) is 4.79 Å². The maximum Gasteiger partial charge on any atom is 0.305 e. The summed E-state index contributed by atoms with van der Waals surface area (Å²) in [5.74, 6) is -0.0989. The number of nitro groups is 2. The van der Waals surface area contributed by atoms with Gasteiger partial charge in [0.15, 0.2) is 11.4 Å². The second-order valence-corrected chi connectivity index (χ2v) is 6.37. The number of non-ortho nitro benzene ring substituents is 1. The molecule has 0 unspecified atom stereocenters. The van der Waals surface area contributed by atoms with Gasteiger partial charge in [-0.05, 0) is 20.3 Å². The Kier molecular flexibility index (Phi) is 3.54. The van der Waals surface area contributed by atoms with Crippen molar-refractivity contribution in [3.8, 4) is 5.75 Å². The molecule has 0 aliphatic carbocycles. The van der Waals surface area contributed by atoms with Gasteiger partial charge >= 0.3 is 5.69 Å². The van der Waals surface area contributed by atoms with Gasteiger partial charge in [-0.15, -0.1) is 0 Å². The normalized spacial score (nSPS) is 19.0. The molecule has 1 aromatic rings. The van der Waals surface area contributed by atoms with E-state index in [4.69, 9.17) is 4.74 Å². The van der Waals surface area contributed by atoms with E-state index in [1.165, 1.54) is 10.0 Å². The number of hydrogen-bond donors (Lipinski definition) is 0. The zero-order chi connectivity index (χ0) is 17.6. The summed E-state index contributed by atoms with van der Waals surface area (Å²) in [6.45, 7) is 4.19. The molecule has 0 N–H and O–H groups in total. The highest BCUT2D eigenvalue weighted by Crippen LogP contribution is 2.47. The Bertz CT molecular complexity index is 747. The standard InChI is InChI=1S/C14H16N4O6/c1-14(2)8-16(15-5-3-4-12(15)19)13-10(18(22)23)6-9(17(20)21)7-11(13)24-14/h6-7H,3-5,8H2,1-2H3. The molecule has 1 fully saturated rings. The number of amides is 1. The van der Waals surface area contributed by atoms with E-state index in [9.17, 15) is 25.0 Å². The third-order valence-corrected chi connectivity index (χ3v) is 3.96. The molecule has 1 amide bonds. The molecule has 2 aliphatic heterocycles. The van der Waals surface area contributed by atoms with Gasteiger partial charge in [-0.2, -0.15) is 0 Å². The van der Waals surface area contributed by atoms with Crippen molar-refractivity contribution in [2.24, 2.45) is 0 Å². The number of ether oxygens (including phenoxy) is 1. The predicted molar refractivity (Wildman–Crippen MR) is 82.8 cm³/mol. The van der Waals surface area contributed by atoms with E-state index in [0.717, 1.165) is 12.1 Å². The van der Waals surface area contributed by atoms with Crippen molar-refractivity contribution in [1.82, 2.24) is 5.01 Å². The van der Waals surface area contributed by atoms with Crippen molar-refractivity contribution >= 4 is 23.0 Å². The number of fused-ring (bicyclic) bond motifs is 1. The number of hydrogen-bond acceptors (Lipinski definition) is 7. The van der Waals surface area contributed by atoms with Crippen LogP contribution < -0.4 is 9.75 Å². The van der Waals surface area contributed by atoms with Crippen molar-refractivity contribution < 1.29 is 19.4 Å². The van der Waals surface area contributed by atoms with Crippen molar-refractivity contribution in [3.63, 3.8) is 0 Å². The van der Waals surface area contributed by atoms with E-state index in [1.54, 1.807) is 13.8 Å². The van der Waals surface area contributed by atoms with Gasteiger partial charge in [0.05, 0.1) is 28.5 Å². The second-order valence-electron chi connectivity index (χ2n) is 6.37. The maximum absolute atomic E-state index is 12.1. The summed E-state index contributed by atoms with van der Waals surface area (Å²) in [6, 6.07) is 2.06. The molecule has 1 aromatic carbocycles. The molecular weight excluding hydrogens is 320 g/mol. The summed E-state index contributed by atoms with van der Waals surface area (Å²) in [7, 11) is 0. The third kappa shape index (κ3) is 2.59. The highest BCUT2D eigenvalue weighted by Gasteiger charge is 2.43. The first kappa shape index (κ1) is 16.0. The van der Waals surface area contributed by atoms with Gasteiger partial charge < -0.3 is 4.74 Å². The fourth-order valence-corrected chi connectivity index (χ4v) is 3.03. The zero-order valence-corrected chi connectivity index (χ0v) is 13.2. The first-order valence-corrected chi connectivity index (χ1v) is 7.43. The minimum Gasteiger partial charge on any atom is -0.483 e. The van der Waals surface area contributed by atoms with E-state index >= 15 is 0 Å². The monoisotopic (exact) mass is 336 g/mol. The SMILES string of the molecule is CC1(C)CN(N2CCCC2=O)c2c(cc([N+](=O)[O-])cc2[N+](=O)[O-])O1. The molecule has 0 bridgehead atoms. The summed E-state index contributed by atoms with van der Waals surface area (Å²) in [6.07, 6.45) is 1.03. The molecule has 0 aromatic heterocycles. The Morgan fingerprint density at radius 1 is 1.17 bits per heavy atom. The van der Waals surface area contributed by atoms with E-state index in [-0.39, 0.29) is 23.9 Å². The van der Waals surface area contributed by atoms with Crippen LogP contribution in [0.2, 0.25) is 0 Å². The van der Waals surface area contributed by atoms with E-state index in [1.807, 2.05) is 0 Å². The van der Waals surface area contributed by atoms with Crippen LogP contribution in [-0.4, -0.2) is 39.5 Å². The lowest BCUT2D eigenvalue weighted by atomic mass is 10.1. The summed E-state index contributed by atoms with van der Waals surface area (Å²) < 4.78 is 5.74. The van der Waals surface area contributed by atoms with E-state index in [2.05, 4.69) is 0 Å². The molecule has 0 radical (unpaired) electrons. The van der Waals surface area contributed by atoms with Crippen LogP contribution in [0, 0.1) is 20.2 Å². The van der Waals surface area contributed by atoms with Crippen molar-refractivity contribution in [2.45, 2.75) is 32.3 Å². The van der Waals surface area contributed by atoms with Gasteiger partial charge in [0.25, 0.3) is 5.69 Å². The van der Waals surface area contributed by atoms with Crippen LogP contribution in [0.4, 0.5) is 17.1 Å². The van der Waals surface area contributed by atoms with Crippen LogP contribution >= 0.6 is 0 Å². The summed E-state index contributed by atoms with van der Waals surface area (Å²) in [4.78, 5) is 33.2.